The van der Waals surface area contributed by atoms with Gasteiger partial charge in [0, 0.05) is 6.42 Å². The summed E-state index contributed by atoms with van der Waals surface area (Å²) in [5.41, 5.74) is 0. The van der Waals surface area contributed by atoms with Crippen molar-refractivity contribution in [2.45, 2.75) is 280 Å². The highest BCUT2D eigenvalue weighted by Gasteiger charge is 2.51. The molecule has 2 heterocycles. The van der Waals surface area contributed by atoms with E-state index in [2.05, 4.69) is 55.6 Å². The van der Waals surface area contributed by atoms with E-state index in [0.717, 1.165) is 57.8 Å². The summed E-state index contributed by atoms with van der Waals surface area (Å²) in [4.78, 5) is 13.2. The fraction of sp³-hybridized carbons (Fsp3) is 0.839. The van der Waals surface area contributed by atoms with Crippen molar-refractivity contribution in [3.8, 4) is 0 Å². The number of aliphatic hydroxyl groups is 8. The van der Waals surface area contributed by atoms with Gasteiger partial charge in [0.05, 0.1) is 32.0 Å². The summed E-state index contributed by atoms with van der Waals surface area (Å²) in [6.07, 6.45) is 34.6. The van der Waals surface area contributed by atoms with E-state index in [-0.39, 0.29) is 18.9 Å². The third kappa shape index (κ3) is 28.4. The number of amides is 1. The van der Waals surface area contributed by atoms with Gasteiger partial charge in [-0.2, -0.15) is 0 Å². The first kappa shape index (κ1) is 64.1. The van der Waals surface area contributed by atoms with Crippen LogP contribution in [0.25, 0.3) is 0 Å². The molecule has 0 saturated carbocycles. The highest BCUT2D eigenvalue weighted by molar-refractivity contribution is 5.76. The zero-order valence-electron chi connectivity index (χ0n) is 43.5. The third-order valence-corrected chi connectivity index (χ3v) is 13.5. The maximum atomic E-state index is 13.2. The molecule has 14 heteroatoms. The van der Waals surface area contributed by atoms with Crippen LogP contribution in [0.4, 0.5) is 0 Å². The molecule has 0 aromatic carbocycles. The molecule has 2 aliphatic heterocycles. The molecule has 1 amide bonds. The highest BCUT2D eigenvalue weighted by atomic mass is 16.7. The zero-order chi connectivity index (χ0) is 51.0. The summed E-state index contributed by atoms with van der Waals surface area (Å²) in [6, 6.07) is -0.914. The molecule has 0 aliphatic carbocycles. The number of aliphatic hydroxyl groups excluding tert-OH is 8. The Morgan fingerprint density at radius 1 is 0.514 bits per heavy atom. The Morgan fingerprint density at radius 3 is 1.44 bits per heavy atom. The Kier molecular flexibility index (Phi) is 38.7. The van der Waals surface area contributed by atoms with Gasteiger partial charge < -0.3 is 65.1 Å². The lowest BCUT2D eigenvalue weighted by molar-refractivity contribution is -0.359. The molecule has 2 fully saturated rings. The number of carbonyl (C=O) groups excluding carboxylic acids is 1. The van der Waals surface area contributed by atoms with Crippen molar-refractivity contribution in [1.82, 2.24) is 5.32 Å². The third-order valence-electron chi connectivity index (χ3n) is 13.5. The van der Waals surface area contributed by atoms with Crippen LogP contribution in [0.3, 0.4) is 0 Å². The van der Waals surface area contributed by atoms with Crippen molar-refractivity contribution in [1.29, 1.82) is 0 Å². The van der Waals surface area contributed by atoms with E-state index in [1.54, 1.807) is 6.08 Å². The standard InChI is InChI=1S/C56H101NO13/c1-3-5-7-9-11-13-14-15-16-17-18-19-20-21-22-23-24-25-26-27-28-29-30-32-34-36-38-40-48(61)57-44(45(60)39-37-35-33-31-12-10-8-6-4-2)43-67-55-53(66)51(64)54(47(42-59)69-55)70-56-52(65)50(63)49(62)46(41-58)68-56/h14-15,17-18,20-21,37,39,44-47,49-56,58-60,62-66H,3-13,16,19,22-36,38,40-43H2,1-2H3,(H,57,61)/b15-14-,18-17-,21-20-,39-37+. The second kappa shape index (κ2) is 42.3. The Balaban J connectivity index is 1.69. The number of nitrogens with one attached hydrogen (secondary N) is 1. The number of carbonyl (C=O) groups is 1. The molecular formula is C56H101NO13. The minimum atomic E-state index is -1.79. The van der Waals surface area contributed by atoms with Gasteiger partial charge in [0.1, 0.15) is 48.8 Å². The Hall–Kier alpha value is -2.05. The average molecular weight is 996 g/mol. The normalized spacial score (nSPS) is 26.3. The van der Waals surface area contributed by atoms with Crippen molar-refractivity contribution < 1.29 is 64.6 Å². The van der Waals surface area contributed by atoms with Crippen molar-refractivity contribution in [2.75, 3.05) is 19.8 Å². The first-order chi connectivity index (χ1) is 34.1. The Labute approximate surface area is 423 Å². The summed E-state index contributed by atoms with van der Waals surface area (Å²) in [5.74, 6) is -0.245. The van der Waals surface area contributed by atoms with E-state index >= 15 is 0 Å². The minimum absolute atomic E-state index is 0.245. The SMILES string of the molecule is CCCCCCC/C=C\C/C=C\C/C=C\CCCCCCCCCCCCCCC(=O)NC(COC1OC(CO)C(OC2OC(CO)C(O)C(O)C2O)C(O)C1O)C(O)/C=C/CCCCCCCCC. The molecule has 14 nitrogen and oxygen atoms in total. The number of unbranched alkanes of at least 4 members (excludes halogenated alkanes) is 24. The van der Waals surface area contributed by atoms with E-state index in [9.17, 15) is 45.6 Å². The minimum Gasteiger partial charge on any atom is -0.394 e. The van der Waals surface area contributed by atoms with Gasteiger partial charge in [-0.15, -0.1) is 0 Å². The molecule has 2 aliphatic rings. The number of hydrogen-bond donors (Lipinski definition) is 9. The summed E-state index contributed by atoms with van der Waals surface area (Å²) in [5, 5.41) is 86.7. The first-order valence-corrected chi connectivity index (χ1v) is 27.9. The fourth-order valence-electron chi connectivity index (χ4n) is 8.94. The van der Waals surface area contributed by atoms with E-state index < -0.39 is 86.8 Å². The van der Waals surface area contributed by atoms with Crippen molar-refractivity contribution in [3.05, 3.63) is 48.6 Å². The predicted octanol–water partition coefficient (Wildman–Crippen LogP) is 8.44. The van der Waals surface area contributed by atoms with Gasteiger partial charge in [-0.3, -0.25) is 4.79 Å². The van der Waals surface area contributed by atoms with Crippen LogP contribution < -0.4 is 5.32 Å². The summed E-state index contributed by atoms with van der Waals surface area (Å²) < 4.78 is 22.7. The van der Waals surface area contributed by atoms with E-state index in [0.29, 0.717) is 6.42 Å². The van der Waals surface area contributed by atoms with Crippen molar-refractivity contribution >= 4 is 5.91 Å². The first-order valence-electron chi connectivity index (χ1n) is 27.9. The molecule has 9 N–H and O–H groups in total. The maximum Gasteiger partial charge on any atom is 0.220 e. The van der Waals surface area contributed by atoms with Crippen LogP contribution >= 0.6 is 0 Å². The van der Waals surface area contributed by atoms with Gasteiger partial charge in [-0.05, 0) is 57.8 Å². The zero-order valence-corrected chi connectivity index (χ0v) is 43.5. The van der Waals surface area contributed by atoms with Crippen LogP contribution in [-0.2, 0) is 23.7 Å². The van der Waals surface area contributed by atoms with Crippen LogP contribution in [0.15, 0.2) is 48.6 Å². The molecular weight excluding hydrogens is 895 g/mol. The van der Waals surface area contributed by atoms with Crippen LogP contribution in [0, 0.1) is 0 Å². The van der Waals surface area contributed by atoms with Crippen molar-refractivity contribution in [3.63, 3.8) is 0 Å². The van der Waals surface area contributed by atoms with Crippen LogP contribution in [-0.4, -0.2) is 140 Å². The molecule has 2 saturated heterocycles. The predicted molar refractivity (Wildman–Crippen MR) is 277 cm³/mol. The molecule has 70 heavy (non-hydrogen) atoms. The fourth-order valence-corrected chi connectivity index (χ4v) is 8.94. The van der Waals surface area contributed by atoms with Gasteiger partial charge in [0.25, 0.3) is 0 Å². The topological polar surface area (TPSA) is 228 Å². The molecule has 408 valence electrons. The smallest absolute Gasteiger partial charge is 0.220 e. The highest BCUT2D eigenvalue weighted by Crippen LogP contribution is 2.30. The van der Waals surface area contributed by atoms with E-state index in [1.165, 1.54) is 122 Å². The lowest BCUT2D eigenvalue weighted by Crippen LogP contribution is -2.65. The number of rotatable bonds is 43. The van der Waals surface area contributed by atoms with Gasteiger partial charge in [0.15, 0.2) is 12.6 Å². The number of allylic oxidation sites excluding steroid dienone is 7. The maximum absolute atomic E-state index is 13.2. The monoisotopic (exact) mass is 996 g/mol. The molecule has 0 radical (unpaired) electrons. The van der Waals surface area contributed by atoms with Crippen LogP contribution in [0.5, 0.6) is 0 Å². The summed E-state index contributed by atoms with van der Waals surface area (Å²) >= 11 is 0. The summed E-state index contributed by atoms with van der Waals surface area (Å²) in [7, 11) is 0. The van der Waals surface area contributed by atoms with Gasteiger partial charge in [-0.25, -0.2) is 0 Å². The lowest BCUT2D eigenvalue weighted by Gasteiger charge is -2.46. The molecule has 0 spiro atoms. The lowest BCUT2D eigenvalue weighted by atomic mass is 9.97. The summed E-state index contributed by atoms with van der Waals surface area (Å²) in [6.45, 7) is 2.73. The largest absolute Gasteiger partial charge is 0.394 e. The Morgan fingerprint density at radius 2 is 0.943 bits per heavy atom. The van der Waals surface area contributed by atoms with Crippen LogP contribution in [0.2, 0.25) is 0 Å². The second-order valence-electron chi connectivity index (χ2n) is 19.7. The average Bonchev–Trinajstić information content (AvgIpc) is 3.36. The van der Waals surface area contributed by atoms with Crippen molar-refractivity contribution in [2.24, 2.45) is 0 Å². The second-order valence-corrected chi connectivity index (χ2v) is 19.7. The van der Waals surface area contributed by atoms with Crippen LogP contribution in [0.1, 0.15) is 206 Å². The Bertz CT molecular complexity index is 1360. The quantitative estimate of drug-likeness (QED) is 0.0207. The molecule has 0 aromatic rings. The molecule has 12 unspecified atom stereocenters. The van der Waals surface area contributed by atoms with E-state index in [4.69, 9.17) is 18.9 Å². The van der Waals surface area contributed by atoms with E-state index in [1.807, 2.05) is 6.08 Å². The number of hydrogen-bond acceptors (Lipinski definition) is 13. The molecule has 2 rings (SSSR count). The molecule has 0 aromatic heterocycles. The molecule has 12 atom stereocenters. The van der Waals surface area contributed by atoms with Gasteiger partial charge in [-0.1, -0.05) is 191 Å². The van der Waals surface area contributed by atoms with Gasteiger partial charge in [0.2, 0.25) is 5.91 Å². The number of ether oxygens (including phenoxy) is 4. The van der Waals surface area contributed by atoms with Gasteiger partial charge >= 0.3 is 0 Å². The molecule has 0 bridgehead atoms.